The molecule has 4 rings (SSSR count). The highest BCUT2D eigenvalue weighted by molar-refractivity contribution is 6.29. The van der Waals surface area contributed by atoms with Crippen molar-refractivity contribution < 1.29 is 19.1 Å². The van der Waals surface area contributed by atoms with Crippen LogP contribution in [-0.4, -0.2) is 48.0 Å². The molecule has 0 unspecified atom stereocenters. The van der Waals surface area contributed by atoms with Crippen LogP contribution in [0.3, 0.4) is 0 Å². The van der Waals surface area contributed by atoms with E-state index < -0.39 is 18.0 Å². The van der Waals surface area contributed by atoms with Gasteiger partial charge in [0.2, 0.25) is 0 Å². The summed E-state index contributed by atoms with van der Waals surface area (Å²) < 4.78 is 4.68. The maximum Gasteiger partial charge on any atom is 0.413 e. The Kier molecular flexibility index (Phi) is 3.78. The number of fused-ring (bicyclic) bond motifs is 2. The molecule has 134 valence electrons. The topological polar surface area (TPSA) is 94.0 Å². The number of amides is 4. The first-order chi connectivity index (χ1) is 13.1. The fraction of sp³-hybridized carbons (Fsp3) is 0.158. The fourth-order valence-electron chi connectivity index (χ4n) is 3.35. The minimum Gasteiger partial charge on any atom is -0.452 e. The third kappa shape index (κ3) is 2.40. The van der Waals surface area contributed by atoms with E-state index in [1.54, 1.807) is 36.4 Å². The van der Waals surface area contributed by atoms with Gasteiger partial charge in [-0.05, 0) is 12.1 Å². The third-order valence-corrected chi connectivity index (χ3v) is 4.65. The Hall–Kier alpha value is -3.86. The standard InChI is InChI=1S/C19H14N4O4/c1-27-19(26)21-8-9-22-16(11-21)17(24)23(18(22)25)15-7-6-12(10-20)13-4-2-3-5-14(13)15/h2-7,11H,8-9H2,1H3. The summed E-state index contributed by atoms with van der Waals surface area (Å²) >= 11 is 0. The number of carbonyl (C=O) groups excluding carboxylic acids is 3. The zero-order chi connectivity index (χ0) is 19.1. The van der Waals surface area contributed by atoms with Gasteiger partial charge in [0.25, 0.3) is 5.91 Å². The number of ether oxygens (including phenoxy) is 1. The molecule has 4 amide bonds. The van der Waals surface area contributed by atoms with Gasteiger partial charge in [-0.3, -0.25) is 14.6 Å². The molecule has 1 fully saturated rings. The molecule has 27 heavy (non-hydrogen) atoms. The molecule has 0 aliphatic carbocycles. The first-order valence-corrected chi connectivity index (χ1v) is 8.21. The summed E-state index contributed by atoms with van der Waals surface area (Å²) in [7, 11) is 1.25. The van der Waals surface area contributed by atoms with E-state index in [9.17, 15) is 19.6 Å². The molecule has 0 spiro atoms. The van der Waals surface area contributed by atoms with E-state index in [1.165, 1.54) is 23.1 Å². The number of rotatable bonds is 1. The van der Waals surface area contributed by atoms with Gasteiger partial charge >= 0.3 is 12.1 Å². The molecule has 2 heterocycles. The predicted molar refractivity (Wildman–Crippen MR) is 95.4 cm³/mol. The molecule has 0 N–H and O–H groups in total. The van der Waals surface area contributed by atoms with Crippen molar-refractivity contribution in [3.8, 4) is 6.07 Å². The van der Waals surface area contributed by atoms with E-state index in [0.29, 0.717) is 22.0 Å². The lowest BCUT2D eigenvalue weighted by Crippen LogP contribution is -2.41. The molecule has 8 heteroatoms. The van der Waals surface area contributed by atoms with Crippen molar-refractivity contribution in [1.29, 1.82) is 5.26 Å². The van der Waals surface area contributed by atoms with E-state index in [2.05, 4.69) is 10.8 Å². The quantitative estimate of drug-likeness (QED) is 0.726. The molecule has 8 nitrogen and oxygen atoms in total. The third-order valence-electron chi connectivity index (χ3n) is 4.65. The Morgan fingerprint density at radius 3 is 2.56 bits per heavy atom. The highest BCUT2D eigenvalue weighted by Gasteiger charge is 2.45. The van der Waals surface area contributed by atoms with Crippen LogP contribution in [0.2, 0.25) is 0 Å². The van der Waals surface area contributed by atoms with E-state index in [1.807, 2.05) is 0 Å². The molecule has 2 aromatic carbocycles. The number of hydrogen-bond donors (Lipinski definition) is 0. The Labute approximate surface area is 154 Å². The molecular weight excluding hydrogens is 348 g/mol. The minimum absolute atomic E-state index is 0.116. The van der Waals surface area contributed by atoms with Gasteiger partial charge in [0.05, 0.1) is 24.4 Å². The predicted octanol–water partition coefficient (Wildman–Crippen LogP) is 2.40. The summed E-state index contributed by atoms with van der Waals surface area (Å²) in [6.45, 7) is 0.424. The van der Waals surface area contributed by atoms with Gasteiger partial charge in [0.1, 0.15) is 5.70 Å². The first kappa shape index (κ1) is 16.6. The number of methoxy groups -OCH3 is 1. The second-order valence-corrected chi connectivity index (χ2v) is 6.04. The van der Waals surface area contributed by atoms with Crippen molar-refractivity contribution in [3.05, 3.63) is 53.9 Å². The molecule has 2 aromatic rings. The monoisotopic (exact) mass is 362 g/mol. The highest BCUT2D eigenvalue weighted by atomic mass is 16.5. The van der Waals surface area contributed by atoms with Gasteiger partial charge in [-0.1, -0.05) is 24.3 Å². The van der Waals surface area contributed by atoms with Crippen LogP contribution in [0.4, 0.5) is 15.3 Å². The lowest BCUT2D eigenvalue weighted by molar-refractivity contribution is -0.114. The maximum atomic E-state index is 13.0. The van der Waals surface area contributed by atoms with Crippen molar-refractivity contribution in [2.45, 2.75) is 0 Å². The average molecular weight is 362 g/mol. The summed E-state index contributed by atoms with van der Waals surface area (Å²) in [6.07, 6.45) is 0.742. The number of anilines is 1. The Bertz CT molecular complexity index is 1070. The Balaban J connectivity index is 1.82. The van der Waals surface area contributed by atoms with Crippen molar-refractivity contribution in [3.63, 3.8) is 0 Å². The number of nitriles is 1. The summed E-state index contributed by atoms with van der Waals surface area (Å²) in [5, 5.41) is 10.6. The van der Waals surface area contributed by atoms with Gasteiger partial charge in [0.15, 0.2) is 0 Å². The average Bonchev–Trinajstić information content (AvgIpc) is 2.96. The number of carbonyl (C=O) groups is 3. The van der Waals surface area contributed by atoms with Crippen LogP contribution in [0.25, 0.3) is 10.8 Å². The summed E-state index contributed by atoms with van der Waals surface area (Å²) in [4.78, 5) is 41.3. The van der Waals surface area contributed by atoms with E-state index >= 15 is 0 Å². The number of hydrogen-bond acceptors (Lipinski definition) is 5. The molecule has 0 bridgehead atoms. The fourth-order valence-corrected chi connectivity index (χ4v) is 3.35. The van der Waals surface area contributed by atoms with E-state index in [-0.39, 0.29) is 18.8 Å². The zero-order valence-corrected chi connectivity index (χ0v) is 14.4. The molecule has 0 aromatic heterocycles. The second kappa shape index (κ2) is 6.14. The zero-order valence-electron chi connectivity index (χ0n) is 14.4. The normalized spacial score (nSPS) is 16.3. The van der Waals surface area contributed by atoms with Crippen LogP contribution in [-0.2, 0) is 9.53 Å². The van der Waals surface area contributed by atoms with Crippen LogP contribution in [0, 0.1) is 11.3 Å². The summed E-state index contributed by atoms with van der Waals surface area (Å²) in [6, 6.07) is 11.9. The lowest BCUT2D eigenvalue weighted by Gasteiger charge is -2.27. The van der Waals surface area contributed by atoms with Crippen LogP contribution in [0.5, 0.6) is 0 Å². The molecule has 0 saturated carbocycles. The molecule has 1 saturated heterocycles. The SMILES string of the molecule is COC(=O)N1C=C2C(=O)N(c3ccc(C#N)c4ccccc34)C(=O)N2CC1. The number of benzene rings is 2. The summed E-state index contributed by atoms with van der Waals surface area (Å²) in [5.74, 6) is -0.525. The van der Waals surface area contributed by atoms with Crippen molar-refractivity contribution in [2.24, 2.45) is 0 Å². The van der Waals surface area contributed by atoms with Crippen LogP contribution >= 0.6 is 0 Å². The first-order valence-electron chi connectivity index (χ1n) is 8.21. The molecular formula is C19H14N4O4. The van der Waals surface area contributed by atoms with Gasteiger partial charge in [0, 0.05) is 30.1 Å². The van der Waals surface area contributed by atoms with Gasteiger partial charge in [-0.2, -0.15) is 5.26 Å². The molecule has 0 atom stereocenters. The van der Waals surface area contributed by atoms with E-state index in [4.69, 9.17) is 0 Å². The van der Waals surface area contributed by atoms with Crippen LogP contribution < -0.4 is 4.90 Å². The van der Waals surface area contributed by atoms with Gasteiger partial charge in [-0.15, -0.1) is 0 Å². The Morgan fingerprint density at radius 2 is 1.85 bits per heavy atom. The highest BCUT2D eigenvalue weighted by Crippen LogP contribution is 2.35. The lowest BCUT2D eigenvalue weighted by atomic mass is 10.0. The molecule has 2 aliphatic rings. The van der Waals surface area contributed by atoms with Crippen LogP contribution in [0.1, 0.15) is 5.56 Å². The molecule has 2 aliphatic heterocycles. The molecule has 0 radical (unpaired) electrons. The van der Waals surface area contributed by atoms with Crippen molar-refractivity contribution in [1.82, 2.24) is 9.80 Å². The summed E-state index contributed by atoms with van der Waals surface area (Å²) in [5.41, 5.74) is 0.979. The van der Waals surface area contributed by atoms with E-state index in [0.717, 1.165) is 4.90 Å². The number of nitrogens with zero attached hydrogens (tertiary/aromatic N) is 4. The van der Waals surface area contributed by atoms with Gasteiger partial charge < -0.3 is 4.74 Å². The maximum absolute atomic E-state index is 13.0. The van der Waals surface area contributed by atoms with Gasteiger partial charge in [-0.25, -0.2) is 14.5 Å². The van der Waals surface area contributed by atoms with Crippen LogP contribution in [0.15, 0.2) is 48.3 Å². The largest absolute Gasteiger partial charge is 0.452 e. The van der Waals surface area contributed by atoms with Crippen molar-refractivity contribution in [2.75, 3.05) is 25.1 Å². The number of urea groups is 1. The van der Waals surface area contributed by atoms with Crippen molar-refractivity contribution >= 4 is 34.5 Å². The number of imide groups is 1. The second-order valence-electron chi connectivity index (χ2n) is 6.04. The Morgan fingerprint density at radius 1 is 1.11 bits per heavy atom. The minimum atomic E-state index is -0.593. The smallest absolute Gasteiger partial charge is 0.413 e.